The minimum atomic E-state index is 0.0934. The highest BCUT2D eigenvalue weighted by Crippen LogP contribution is 2.44. The van der Waals surface area contributed by atoms with Crippen molar-refractivity contribution in [2.24, 2.45) is 11.8 Å². The Labute approximate surface area is 121 Å². The van der Waals surface area contributed by atoms with Crippen LogP contribution in [0.25, 0.3) is 0 Å². The lowest BCUT2D eigenvalue weighted by atomic mass is 10.1. The number of amides is 1. The summed E-state index contributed by atoms with van der Waals surface area (Å²) in [5.41, 5.74) is 1.86. The summed E-state index contributed by atoms with van der Waals surface area (Å²) in [6.07, 6.45) is 6.28. The first-order valence-corrected chi connectivity index (χ1v) is 7.92. The first-order chi connectivity index (χ1) is 9.78. The van der Waals surface area contributed by atoms with Crippen molar-refractivity contribution in [3.63, 3.8) is 0 Å². The molecule has 0 aromatic heterocycles. The highest BCUT2D eigenvalue weighted by molar-refractivity contribution is 5.94. The van der Waals surface area contributed by atoms with Crippen molar-refractivity contribution in [2.45, 2.75) is 45.1 Å². The van der Waals surface area contributed by atoms with Crippen LogP contribution in [0.15, 0.2) is 24.3 Å². The fourth-order valence-electron chi connectivity index (χ4n) is 2.77. The molecule has 1 aromatic rings. The molecule has 20 heavy (non-hydrogen) atoms. The first kappa shape index (κ1) is 13.5. The molecule has 0 unspecified atom stereocenters. The van der Waals surface area contributed by atoms with Gasteiger partial charge in [-0.25, -0.2) is 0 Å². The number of anilines is 1. The van der Waals surface area contributed by atoms with Gasteiger partial charge >= 0.3 is 0 Å². The Kier molecular flexibility index (Phi) is 3.95. The van der Waals surface area contributed by atoms with E-state index in [1.807, 2.05) is 24.3 Å². The van der Waals surface area contributed by atoms with E-state index in [1.165, 1.54) is 25.7 Å². The summed E-state index contributed by atoms with van der Waals surface area (Å²) >= 11 is 0. The van der Waals surface area contributed by atoms with Crippen molar-refractivity contribution < 1.29 is 4.79 Å². The molecule has 3 nitrogen and oxygen atoms in total. The van der Waals surface area contributed by atoms with E-state index in [0.29, 0.717) is 6.04 Å². The summed E-state index contributed by atoms with van der Waals surface area (Å²) in [6, 6.07) is 8.26. The summed E-state index contributed by atoms with van der Waals surface area (Å²) in [6.45, 7) is 3.11. The Morgan fingerprint density at radius 1 is 1.15 bits per heavy atom. The molecule has 2 N–H and O–H groups in total. The van der Waals surface area contributed by atoms with Crippen molar-refractivity contribution in [3.8, 4) is 0 Å². The van der Waals surface area contributed by atoms with Gasteiger partial charge in [0.15, 0.2) is 0 Å². The van der Waals surface area contributed by atoms with Gasteiger partial charge in [0.25, 0.3) is 5.91 Å². The van der Waals surface area contributed by atoms with Crippen molar-refractivity contribution in [2.75, 3.05) is 11.9 Å². The highest BCUT2D eigenvalue weighted by Gasteiger charge is 2.42. The van der Waals surface area contributed by atoms with Gasteiger partial charge in [0.2, 0.25) is 0 Å². The molecule has 0 bridgehead atoms. The molecule has 2 saturated carbocycles. The fourth-order valence-corrected chi connectivity index (χ4v) is 2.77. The molecule has 0 saturated heterocycles. The van der Waals surface area contributed by atoms with Crippen LogP contribution >= 0.6 is 0 Å². The van der Waals surface area contributed by atoms with E-state index in [2.05, 4.69) is 17.6 Å². The third kappa shape index (κ3) is 3.33. The van der Waals surface area contributed by atoms with E-state index in [1.54, 1.807) is 0 Å². The van der Waals surface area contributed by atoms with Crippen LogP contribution in [0.5, 0.6) is 0 Å². The molecule has 0 heterocycles. The number of hydrogen-bond donors (Lipinski definition) is 2. The molecule has 2 aliphatic rings. The highest BCUT2D eigenvalue weighted by atomic mass is 16.1. The molecule has 0 radical (unpaired) electrons. The second kappa shape index (κ2) is 5.86. The Bertz CT molecular complexity index is 448. The van der Waals surface area contributed by atoms with Gasteiger partial charge in [-0.15, -0.1) is 0 Å². The van der Waals surface area contributed by atoms with Gasteiger partial charge in [0.05, 0.1) is 0 Å². The average molecular weight is 272 g/mol. The molecule has 3 rings (SSSR count). The number of rotatable bonds is 7. The Balaban J connectivity index is 1.58. The van der Waals surface area contributed by atoms with E-state index in [9.17, 15) is 4.79 Å². The predicted molar refractivity (Wildman–Crippen MR) is 81.9 cm³/mol. The first-order valence-electron chi connectivity index (χ1n) is 7.92. The van der Waals surface area contributed by atoms with Crippen LogP contribution in [0.2, 0.25) is 0 Å². The summed E-state index contributed by atoms with van der Waals surface area (Å²) in [4.78, 5) is 12.3. The summed E-state index contributed by atoms with van der Waals surface area (Å²) in [7, 11) is 0. The molecule has 1 aromatic carbocycles. The van der Waals surface area contributed by atoms with Crippen molar-refractivity contribution in [3.05, 3.63) is 29.8 Å². The Hall–Kier alpha value is -1.51. The van der Waals surface area contributed by atoms with Gasteiger partial charge in [-0.1, -0.05) is 6.92 Å². The number of benzene rings is 1. The van der Waals surface area contributed by atoms with Gasteiger partial charge in [-0.05, 0) is 68.2 Å². The topological polar surface area (TPSA) is 41.1 Å². The SMILES string of the molecule is CCCNc1ccc(C(=O)NC(C2CC2)C2CC2)cc1. The van der Waals surface area contributed by atoms with E-state index in [-0.39, 0.29) is 5.91 Å². The van der Waals surface area contributed by atoms with E-state index < -0.39 is 0 Å². The lowest BCUT2D eigenvalue weighted by molar-refractivity contribution is 0.0926. The van der Waals surface area contributed by atoms with Gasteiger partial charge < -0.3 is 10.6 Å². The number of carbonyl (C=O) groups is 1. The van der Waals surface area contributed by atoms with E-state index >= 15 is 0 Å². The van der Waals surface area contributed by atoms with E-state index in [4.69, 9.17) is 0 Å². The minimum Gasteiger partial charge on any atom is -0.385 e. The Morgan fingerprint density at radius 3 is 2.25 bits per heavy atom. The van der Waals surface area contributed by atoms with Gasteiger partial charge in [-0.2, -0.15) is 0 Å². The lowest BCUT2D eigenvalue weighted by Gasteiger charge is -2.17. The largest absolute Gasteiger partial charge is 0.385 e. The van der Waals surface area contributed by atoms with Crippen molar-refractivity contribution in [1.29, 1.82) is 0 Å². The Morgan fingerprint density at radius 2 is 1.75 bits per heavy atom. The molecule has 1 amide bonds. The van der Waals surface area contributed by atoms with Crippen LogP contribution in [0.1, 0.15) is 49.4 Å². The normalized spacial score (nSPS) is 18.1. The standard InChI is InChI=1S/C17H24N2O/c1-2-11-18-15-9-7-14(8-10-15)17(20)19-16(12-3-4-12)13-5-6-13/h7-10,12-13,16,18H,2-6,11H2,1H3,(H,19,20). The van der Waals surface area contributed by atoms with Gasteiger partial charge in [0.1, 0.15) is 0 Å². The monoisotopic (exact) mass is 272 g/mol. The maximum atomic E-state index is 12.3. The quantitative estimate of drug-likeness (QED) is 0.798. The number of carbonyl (C=O) groups excluding carboxylic acids is 1. The molecule has 3 heteroatoms. The zero-order chi connectivity index (χ0) is 13.9. The number of hydrogen-bond acceptors (Lipinski definition) is 2. The van der Waals surface area contributed by atoms with Crippen molar-refractivity contribution in [1.82, 2.24) is 5.32 Å². The third-order valence-corrected chi connectivity index (χ3v) is 4.28. The minimum absolute atomic E-state index is 0.0934. The summed E-state index contributed by atoms with van der Waals surface area (Å²) in [5, 5.41) is 6.59. The van der Waals surface area contributed by atoms with E-state index in [0.717, 1.165) is 36.1 Å². The second-order valence-corrected chi connectivity index (χ2v) is 6.18. The summed E-state index contributed by atoms with van der Waals surface area (Å²) in [5.74, 6) is 1.59. The van der Waals surface area contributed by atoms with Crippen LogP contribution in [-0.4, -0.2) is 18.5 Å². The maximum Gasteiger partial charge on any atom is 0.251 e. The molecule has 0 aliphatic heterocycles. The van der Waals surface area contributed by atoms with Crippen LogP contribution in [-0.2, 0) is 0 Å². The van der Waals surface area contributed by atoms with Crippen LogP contribution < -0.4 is 10.6 Å². The number of nitrogens with one attached hydrogen (secondary N) is 2. The van der Waals surface area contributed by atoms with Crippen LogP contribution in [0, 0.1) is 11.8 Å². The zero-order valence-corrected chi connectivity index (χ0v) is 12.2. The second-order valence-electron chi connectivity index (χ2n) is 6.18. The van der Waals surface area contributed by atoms with Crippen LogP contribution in [0.3, 0.4) is 0 Å². The molecule has 2 aliphatic carbocycles. The molecular formula is C17H24N2O. The van der Waals surface area contributed by atoms with Gasteiger partial charge in [0, 0.05) is 23.8 Å². The van der Waals surface area contributed by atoms with Crippen LogP contribution in [0.4, 0.5) is 5.69 Å². The molecular weight excluding hydrogens is 248 g/mol. The summed E-state index contributed by atoms with van der Waals surface area (Å²) < 4.78 is 0. The average Bonchev–Trinajstić information content (AvgIpc) is 3.36. The predicted octanol–water partition coefficient (Wildman–Crippen LogP) is 3.43. The lowest BCUT2D eigenvalue weighted by Crippen LogP contribution is -2.38. The molecule has 0 atom stereocenters. The smallest absolute Gasteiger partial charge is 0.251 e. The fraction of sp³-hybridized carbons (Fsp3) is 0.588. The molecule has 2 fully saturated rings. The zero-order valence-electron chi connectivity index (χ0n) is 12.2. The maximum absolute atomic E-state index is 12.3. The molecule has 108 valence electrons. The van der Waals surface area contributed by atoms with Crippen molar-refractivity contribution >= 4 is 11.6 Å². The van der Waals surface area contributed by atoms with Gasteiger partial charge in [-0.3, -0.25) is 4.79 Å². The molecule has 0 spiro atoms. The third-order valence-electron chi connectivity index (χ3n) is 4.28.